The Kier molecular flexibility index (Phi) is 6.66. The summed E-state index contributed by atoms with van der Waals surface area (Å²) < 4.78 is 6.56. The fourth-order valence-electron chi connectivity index (χ4n) is 7.81. The molecule has 0 saturated carbocycles. The van der Waals surface area contributed by atoms with Gasteiger partial charge in [-0.3, -0.25) is 0 Å². The minimum Gasteiger partial charge on any atom is -0.455 e. The summed E-state index contributed by atoms with van der Waals surface area (Å²) in [7, 11) is 0. The monoisotopic (exact) mass is 641 g/mol. The molecule has 0 aliphatic heterocycles. The summed E-state index contributed by atoms with van der Waals surface area (Å²) in [6.45, 7) is 0. The predicted molar refractivity (Wildman–Crippen MR) is 203 cm³/mol. The molecule has 10 rings (SSSR count). The maximum absolute atomic E-state index is 6.56. The van der Waals surface area contributed by atoms with Gasteiger partial charge in [-0.2, -0.15) is 0 Å². The molecule has 1 aliphatic carbocycles. The van der Waals surface area contributed by atoms with Crippen LogP contribution >= 0.6 is 0 Å². The van der Waals surface area contributed by atoms with E-state index in [2.05, 4.69) is 140 Å². The van der Waals surface area contributed by atoms with Gasteiger partial charge in [0.2, 0.25) is 0 Å². The van der Waals surface area contributed by atoms with Crippen LogP contribution in [0, 0.1) is 0 Å². The van der Waals surface area contributed by atoms with Crippen LogP contribution in [-0.2, 0) is 12.8 Å². The highest BCUT2D eigenvalue weighted by atomic mass is 16.3. The van der Waals surface area contributed by atoms with Crippen LogP contribution in [0.15, 0.2) is 162 Å². The molecule has 0 fully saturated rings. The second kappa shape index (κ2) is 11.6. The number of hydrogen-bond acceptors (Lipinski definition) is 4. The van der Waals surface area contributed by atoms with Crippen LogP contribution < -0.4 is 0 Å². The highest BCUT2D eigenvalue weighted by Crippen LogP contribution is 2.42. The summed E-state index contributed by atoms with van der Waals surface area (Å²) in [5, 5.41) is 4.32. The first-order valence-electron chi connectivity index (χ1n) is 17.2. The van der Waals surface area contributed by atoms with Gasteiger partial charge in [0.25, 0.3) is 0 Å². The molecule has 4 nitrogen and oxygen atoms in total. The van der Waals surface area contributed by atoms with Crippen LogP contribution in [0.4, 0.5) is 0 Å². The molecule has 0 radical (unpaired) electrons. The molecule has 236 valence electrons. The van der Waals surface area contributed by atoms with Gasteiger partial charge in [0, 0.05) is 33.7 Å². The number of rotatable bonds is 5. The van der Waals surface area contributed by atoms with E-state index in [9.17, 15) is 0 Å². The van der Waals surface area contributed by atoms with Crippen molar-refractivity contribution in [3.05, 3.63) is 175 Å². The highest BCUT2D eigenvalue weighted by molar-refractivity contribution is 6.18. The van der Waals surface area contributed by atoms with E-state index in [-0.39, 0.29) is 5.92 Å². The number of benzene rings is 7. The summed E-state index contributed by atoms with van der Waals surface area (Å²) in [6.07, 6.45) is 1.63. The third-order valence-corrected chi connectivity index (χ3v) is 10.1. The molecule has 4 heteroatoms. The molecule has 2 aromatic heterocycles. The Balaban J connectivity index is 1.16. The third-order valence-electron chi connectivity index (χ3n) is 10.1. The van der Waals surface area contributed by atoms with E-state index in [1.165, 1.54) is 22.3 Å². The Bertz CT molecular complexity index is 2730. The van der Waals surface area contributed by atoms with Crippen molar-refractivity contribution >= 4 is 32.7 Å². The lowest BCUT2D eigenvalue weighted by Gasteiger charge is -2.27. The van der Waals surface area contributed by atoms with Crippen LogP contribution in [0.25, 0.3) is 77.7 Å². The molecular formula is C46H31N3O. The van der Waals surface area contributed by atoms with E-state index in [1.807, 2.05) is 18.2 Å². The van der Waals surface area contributed by atoms with Gasteiger partial charge in [-0.25, -0.2) is 15.0 Å². The number of aromatic nitrogens is 3. The smallest absolute Gasteiger partial charge is 0.164 e. The summed E-state index contributed by atoms with van der Waals surface area (Å²) in [4.78, 5) is 15.7. The second-order valence-corrected chi connectivity index (χ2v) is 13.1. The molecule has 50 heavy (non-hydrogen) atoms. The van der Waals surface area contributed by atoms with Crippen LogP contribution in [0.2, 0.25) is 0 Å². The van der Waals surface area contributed by atoms with Crippen molar-refractivity contribution in [3.8, 4) is 45.0 Å². The van der Waals surface area contributed by atoms with Crippen molar-refractivity contribution in [1.29, 1.82) is 0 Å². The minimum atomic E-state index is 0.233. The molecule has 1 unspecified atom stereocenters. The molecule has 9 aromatic rings. The Labute approximate surface area is 289 Å². The van der Waals surface area contributed by atoms with E-state index >= 15 is 0 Å². The van der Waals surface area contributed by atoms with Crippen LogP contribution in [0.5, 0.6) is 0 Å². The van der Waals surface area contributed by atoms with Gasteiger partial charge in [0.15, 0.2) is 11.6 Å². The van der Waals surface area contributed by atoms with E-state index < -0.39 is 0 Å². The van der Waals surface area contributed by atoms with E-state index in [4.69, 9.17) is 19.4 Å². The van der Waals surface area contributed by atoms with Crippen molar-refractivity contribution < 1.29 is 4.42 Å². The maximum Gasteiger partial charge on any atom is 0.164 e. The van der Waals surface area contributed by atoms with E-state index in [0.29, 0.717) is 18.1 Å². The average Bonchev–Trinajstić information content (AvgIpc) is 3.58. The van der Waals surface area contributed by atoms with Crippen molar-refractivity contribution in [2.24, 2.45) is 0 Å². The zero-order valence-corrected chi connectivity index (χ0v) is 27.3. The standard InChI is InChI=1S/C46H31N3O/c1-2-12-29(13-3-1)31-16-10-17-33(26-31)45-47-42(28-34-27-32-15-5-6-18-35(32)38-21-9-8-19-36(34)38)48-46(49-45)40-22-11-23-41-43(40)39-25-24-30-14-4-7-20-37(30)44(39)50-41/h1-26,34H,27-28H2. The lowest BCUT2D eigenvalue weighted by Crippen LogP contribution is -2.16. The van der Waals surface area contributed by atoms with Gasteiger partial charge >= 0.3 is 0 Å². The molecule has 0 spiro atoms. The summed E-state index contributed by atoms with van der Waals surface area (Å²) in [6, 6.07) is 55.4. The minimum absolute atomic E-state index is 0.233. The Morgan fingerprint density at radius 1 is 0.520 bits per heavy atom. The highest BCUT2D eigenvalue weighted by Gasteiger charge is 2.26. The van der Waals surface area contributed by atoms with Gasteiger partial charge in [-0.05, 0) is 69.3 Å². The van der Waals surface area contributed by atoms with Crippen LogP contribution in [0.3, 0.4) is 0 Å². The van der Waals surface area contributed by atoms with Gasteiger partial charge in [0.05, 0.1) is 0 Å². The van der Waals surface area contributed by atoms with Gasteiger partial charge < -0.3 is 4.42 Å². The molecule has 2 heterocycles. The fourth-order valence-corrected chi connectivity index (χ4v) is 7.81. The molecule has 1 atom stereocenters. The van der Waals surface area contributed by atoms with Crippen molar-refractivity contribution in [2.45, 2.75) is 18.8 Å². The molecule has 1 aliphatic rings. The van der Waals surface area contributed by atoms with Crippen LogP contribution in [0.1, 0.15) is 22.9 Å². The fraction of sp³-hybridized carbons (Fsp3) is 0.0652. The molecule has 0 N–H and O–H groups in total. The zero-order chi connectivity index (χ0) is 33.0. The van der Waals surface area contributed by atoms with Crippen molar-refractivity contribution in [1.82, 2.24) is 15.0 Å². The molecule has 0 bridgehead atoms. The zero-order valence-electron chi connectivity index (χ0n) is 27.3. The number of fused-ring (bicyclic) bond motifs is 8. The number of hydrogen-bond donors (Lipinski definition) is 0. The van der Waals surface area contributed by atoms with Crippen LogP contribution in [-0.4, -0.2) is 15.0 Å². The van der Waals surface area contributed by atoms with Crippen molar-refractivity contribution in [3.63, 3.8) is 0 Å². The number of furan rings is 1. The summed E-state index contributed by atoms with van der Waals surface area (Å²) >= 11 is 0. The van der Waals surface area contributed by atoms with E-state index in [0.717, 1.165) is 67.2 Å². The first-order valence-corrected chi connectivity index (χ1v) is 17.2. The summed E-state index contributed by atoms with van der Waals surface area (Å²) in [5.74, 6) is 2.34. The molecule has 0 saturated heterocycles. The van der Waals surface area contributed by atoms with Gasteiger partial charge in [-0.1, -0.05) is 140 Å². The Morgan fingerprint density at radius 3 is 2.18 bits per heavy atom. The third kappa shape index (κ3) is 4.80. The summed E-state index contributed by atoms with van der Waals surface area (Å²) in [5.41, 5.74) is 11.2. The van der Waals surface area contributed by atoms with Crippen molar-refractivity contribution in [2.75, 3.05) is 0 Å². The number of nitrogens with zero attached hydrogens (tertiary/aromatic N) is 3. The lowest BCUT2D eigenvalue weighted by atomic mass is 9.77. The second-order valence-electron chi connectivity index (χ2n) is 13.1. The molecule has 7 aromatic carbocycles. The maximum atomic E-state index is 6.56. The molecule has 0 amide bonds. The normalized spacial score (nSPS) is 13.8. The first-order chi connectivity index (χ1) is 24.8. The molecular weight excluding hydrogens is 611 g/mol. The van der Waals surface area contributed by atoms with E-state index in [1.54, 1.807) is 0 Å². The first kappa shape index (κ1) is 28.6. The van der Waals surface area contributed by atoms with Gasteiger partial charge in [0.1, 0.15) is 17.0 Å². The average molecular weight is 642 g/mol. The van der Waals surface area contributed by atoms with Gasteiger partial charge in [-0.15, -0.1) is 0 Å². The Hall–Kier alpha value is -6.39. The SMILES string of the molecule is c1ccc(-c2cccc(-c3nc(CC4Cc5ccccc5-c5ccccc54)nc(-c4cccc5oc6c7ccccc7ccc6c45)n3)c2)cc1. The predicted octanol–water partition coefficient (Wildman–Crippen LogP) is 11.5. The topological polar surface area (TPSA) is 51.8 Å². The quantitative estimate of drug-likeness (QED) is 0.188. The lowest BCUT2D eigenvalue weighted by molar-refractivity contribution is 0.645. The Morgan fingerprint density at radius 2 is 1.24 bits per heavy atom. The largest absolute Gasteiger partial charge is 0.455 e.